The van der Waals surface area contributed by atoms with Gasteiger partial charge >= 0.3 is 5.97 Å². The highest BCUT2D eigenvalue weighted by molar-refractivity contribution is 14.1. The molecule has 0 bridgehead atoms. The van der Waals surface area contributed by atoms with E-state index < -0.39 is 28.5 Å². The van der Waals surface area contributed by atoms with Gasteiger partial charge in [0.15, 0.2) is 6.61 Å². The molecule has 10 heteroatoms. The first-order valence-electron chi connectivity index (χ1n) is 7.14. The lowest BCUT2D eigenvalue weighted by Gasteiger charge is -2.10. The van der Waals surface area contributed by atoms with E-state index in [1.807, 2.05) is 12.1 Å². The van der Waals surface area contributed by atoms with Crippen LogP contribution in [-0.4, -0.2) is 34.0 Å². The highest BCUT2D eigenvalue weighted by atomic mass is 127. The Kier molecular flexibility index (Phi) is 6.56. The molecule has 0 saturated heterocycles. The molecule has 0 radical (unpaired) electrons. The van der Waals surface area contributed by atoms with Crippen molar-refractivity contribution in [3.8, 4) is 5.75 Å². The summed E-state index contributed by atoms with van der Waals surface area (Å²) < 4.78 is 33.8. The summed E-state index contributed by atoms with van der Waals surface area (Å²) in [4.78, 5) is 23.8. The molecule has 8 nitrogen and oxygen atoms in total. The zero-order chi connectivity index (χ0) is 19.3. The number of esters is 1. The van der Waals surface area contributed by atoms with E-state index in [1.165, 1.54) is 19.2 Å². The van der Waals surface area contributed by atoms with Crippen molar-refractivity contribution >= 4 is 50.2 Å². The fraction of sp³-hybridized carbons (Fsp3) is 0.125. The SMILES string of the molecule is COc1ccc(S(N)(=O)=O)cc1C(=O)OCC(=O)Nc1ccc(I)cc1. The molecule has 138 valence electrons. The van der Waals surface area contributed by atoms with Gasteiger partial charge in [0.2, 0.25) is 10.0 Å². The molecular formula is C16H15IN2O6S. The number of nitrogens with one attached hydrogen (secondary N) is 1. The predicted molar refractivity (Wildman–Crippen MR) is 102 cm³/mol. The zero-order valence-corrected chi connectivity index (χ0v) is 16.5. The van der Waals surface area contributed by atoms with E-state index in [-0.39, 0.29) is 16.2 Å². The Morgan fingerprint density at radius 3 is 2.38 bits per heavy atom. The number of rotatable bonds is 6. The molecule has 3 N–H and O–H groups in total. The standard InChI is InChI=1S/C16H15IN2O6S/c1-24-14-7-6-12(26(18,22)23)8-13(14)16(21)25-9-15(20)19-11-4-2-10(17)3-5-11/h2-8H,9H2,1H3,(H,19,20)(H2,18,22,23). The summed E-state index contributed by atoms with van der Waals surface area (Å²) in [5.74, 6) is -1.35. The van der Waals surface area contributed by atoms with Gasteiger partial charge in [0, 0.05) is 9.26 Å². The van der Waals surface area contributed by atoms with Crippen LogP contribution in [0.5, 0.6) is 5.75 Å². The predicted octanol–water partition coefficient (Wildman–Crippen LogP) is 1.74. The number of anilines is 1. The molecule has 2 rings (SSSR count). The summed E-state index contributed by atoms with van der Waals surface area (Å²) >= 11 is 2.13. The van der Waals surface area contributed by atoms with Crippen LogP contribution in [0.4, 0.5) is 5.69 Å². The van der Waals surface area contributed by atoms with Gasteiger partial charge in [-0.3, -0.25) is 4.79 Å². The molecule has 2 aromatic carbocycles. The molecule has 2 aromatic rings. The Balaban J connectivity index is 2.07. The first-order chi connectivity index (χ1) is 12.2. The molecule has 0 heterocycles. The van der Waals surface area contributed by atoms with Gasteiger partial charge in [0.05, 0.1) is 12.0 Å². The largest absolute Gasteiger partial charge is 0.496 e. The second kappa shape index (κ2) is 8.47. The number of carbonyl (C=O) groups excluding carboxylic acids is 2. The number of primary sulfonamides is 1. The number of amides is 1. The van der Waals surface area contributed by atoms with Crippen molar-refractivity contribution in [2.24, 2.45) is 5.14 Å². The Bertz CT molecular complexity index is 928. The molecule has 0 spiro atoms. The van der Waals surface area contributed by atoms with Crippen LogP contribution in [0.15, 0.2) is 47.4 Å². The van der Waals surface area contributed by atoms with Gasteiger partial charge in [-0.25, -0.2) is 18.4 Å². The molecule has 0 aromatic heterocycles. The van der Waals surface area contributed by atoms with E-state index in [9.17, 15) is 18.0 Å². The summed E-state index contributed by atoms with van der Waals surface area (Å²) in [6.45, 7) is -0.548. The molecule has 1 amide bonds. The van der Waals surface area contributed by atoms with Gasteiger partial charge in [-0.2, -0.15) is 0 Å². The minimum absolute atomic E-state index is 0.0976. The zero-order valence-electron chi connectivity index (χ0n) is 13.6. The van der Waals surface area contributed by atoms with Crippen LogP contribution in [0.1, 0.15) is 10.4 Å². The topological polar surface area (TPSA) is 125 Å². The van der Waals surface area contributed by atoms with Crippen molar-refractivity contribution < 1.29 is 27.5 Å². The molecule has 0 fully saturated rings. The molecule has 0 unspecified atom stereocenters. The number of halogens is 1. The van der Waals surface area contributed by atoms with Crippen LogP contribution in [0.3, 0.4) is 0 Å². The number of sulfonamides is 1. The van der Waals surface area contributed by atoms with Gasteiger partial charge in [0.25, 0.3) is 5.91 Å². The average Bonchev–Trinajstić information content (AvgIpc) is 2.60. The molecule has 26 heavy (non-hydrogen) atoms. The van der Waals surface area contributed by atoms with Crippen LogP contribution in [0.2, 0.25) is 0 Å². The lowest BCUT2D eigenvalue weighted by atomic mass is 10.2. The third kappa shape index (κ3) is 5.41. The molecule has 0 aliphatic rings. The van der Waals surface area contributed by atoms with Crippen molar-refractivity contribution in [3.63, 3.8) is 0 Å². The smallest absolute Gasteiger partial charge is 0.342 e. The van der Waals surface area contributed by atoms with Gasteiger partial charge in [0.1, 0.15) is 11.3 Å². The molecule has 0 aliphatic carbocycles. The molecule has 0 aliphatic heterocycles. The van der Waals surface area contributed by atoms with Crippen molar-refractivity contribution in [2.45, 2.75) is 4.90 Å². The number of nitrogens with two attached hydrogens (primary N) is 1. The Morgan fingerprint density at radius 2 is 1.81 bits per heavy atom. The van der Waals surface area contributed by atoms with Gasteiger partial charge in [-0.15, -0.1) is 0 Å². The summed E-state index contributed by atoms with van der Waals surface area (Å²) in [5.41, 5.74) is 0.404. The lowest BCUT2D eigenvalue weighted by molar-refractivity contribution is -0.119. The Morgan fingerprint density at radius 1 is 1.15 bits per heavy atom. The minimum Gasteiger partial charge on any atom is -0.496 e. The fourth-order valence-corrected chi connectivity index (χ4v) is 2.86. The van der Waals surface area contributed by atoms with Crippen molar-refractivity contribution in [3.05, 3.63) is 51.6 Å². The number of methoxy groups -OCH3 is 1. The highest BCUT2D eigenvalue weighted by Gasteiger charge is 2.19. The highest BCUT2D eigenvalue weighted by Crippen LogP contribution is 2.22. The summed E-state index contributed by atoms with van der Waals surface area (Å²) in [6, 6.07) is 10.6. The summed E-state index contributed by atoms with van der Waals surface area (Å²) in [6.07, 6.45) is 0. The maximum atomic E-state index is 12.2. The van der Waals surface area contributed by atoms with E-state index in [0.717, 1.165) is 9.64 Å². The minimum atomic E-state index is -4.00. The first-order valence-corrected chi connectivity index (χ1v) is 9.76. The van der Waals surface area contributed by atoms with E-state index in [1.54, 1.807) is 12.1 Å². The second-order valence-corrected chi connectivity index (χ2v) is 7.85. The third-order valence-corrected chi connectivity index (χ3v) is 4.81. The third-order valence-electron chi connectivity index (χ3n) is 3.18. The Labute approximate surface area is 163 Å². The maximum absolute atomic E-state index is 12.2. The van der Waals surface area contributed by atoms with E-state index in [4.69, 9.17) is 14.6 Å². The quantitative estimate of drug-likeness (QED) is 0.470. The van der Waals surface area contributed by atoms with E-state index in [2.05, 4.69) is 27.9 Å². The van der Waals surface area contributed by atoms with E-state index >= 15 is 0 Å². The van der Waals surface area contributed by atoms with E-state index in [0.29, 0.717) is 5.69 Å². The van der Waals surface area contributed by atoms with Crippen molar-refractivity contribution in [1.82, 2.24) is 0 Å². The number of hydrogen-bond donors (Lipinski definition) is 2. The number of benzene rings is 2. The number of ether oxygens (including phenoxy) is 2. The second-order valence-electron chi connectivity index (χ2n) is 5.04. The number of carbonyl (C=O) groups is 2. The van der Waals surface area contributed by atoms with Gasteiger partial charge in [-0.1, -0.05) is 0 Å². The monoisotopic (exact) mass is 490 g/mol. The van der Waals surface area contributed by atoms with Crippen molar-refractivity contribution in [2.75, 3.05) is 19.0 Å². The van der Waals surface area contributed by atoms with Gasteiger partial charge in [-0.05, 0) is 65.1 Å². The average molecular weight is 490 g/mol. The molecule has 0 atom stereocenters. The maximum Gasteiger partial charge on any atom is 0.342 e. The lowest BCUT2D eigenvalue weighted by Crippen LogP contribution is -2.21. The summed E-state index contributed by atoms with van der Waals surface area (Å²) in [7, 11) is -2.69. The Hall–Kier alpha value is -2.18. The van der Waals surface area contributed by atoms with Crippen LogP contribution in [0.25, 0.3) is 0 Å². The molecule has 0 saturated carbocycles. The van der Waals surface area contributed by atoms with Crippen LogP contribution in [-0.2, 0) is 19.6 Å². The number of hydrogen-bond acceptors (Lipinski definition) is 6. The van der Waals surface area contributed by atoms with Gasteiger partial charge < -0.3 is 14.8 Å². The normalized spacial score (nSPS) is 10.9. The summed E-state index contributed by atoms with van der Waals surface area (Å²) in [5, 5.41) is 7.62. The first kappa shape index (κ1) is 20.1. The van der Waals surface area contributed by atoms with Crippen LogP contribution in [0, 0.1) is 3.57 Å². The van der Waals surface area contributed by atoms with Crippen LogP contribution >= 0.6 is 22.6 Å². The van der Waals surface area contributed by atoms with Crippen molar-refractivity contribution in [1.29, 1.82) is 0 Å². The fourth-order valence-electron chi connectivity index (χ4n) is 1.96. The molecular weight excluding hydrogens is 475 g/mol. The van der Waals surface area contributed by atoms with Crippen LogP contribution < -0.4 is 15.2 Å².